The zero-order chi connectivity index (χ0) is 13.9. The van der Waals surface area contributed by atoms with E-state index in [4.69, 9.17) is 5.73 Å². The minimum absolute atomic E-state index is 0.154. The minimum Gasteiger partial charge on any atom is -0.327 e. The van der Waals surface area contributed by atoms with Crippen LogP contribution >= 0.6 is 0 Å². The van der Waals surface area contributed by atoms with Crippen LogP contribution in [0.1, 0.15) is 36.8 Å². The second-order valence-corrected chi connectivity index (χ2v) is 7.85. The third-order valence-electron chi connectivity index (χ3n) is 4.15. The highest BCUT2D eigenvalue weighted by Gasteiger charge is 2.25. The summed E-state index contributed by atoms with van der Waals surface area (Å²) in [5.74, 6) is 0.813. The summed E-state index contributed by atoms with van der Waals surface area (Å²) in [6.07, 6.45) is 3.99. The average Bonchev–Trinajstić information content (AvgIpc) is 2.75. The second kappa shape index (κ2) is 6.06. The molecular formula is C15H23NO2S. The second-order valence-electron chi connectivity index (χ2n) is 5.66. The van der Waals surface area contributed by atoms with Crippen LogP contribution < -0.4 is 5.73 Å². The first kappa shape index (κ1) is 14.5. The molecule has 1 aromatic rings. The van der Waals surface area contributed by atoms with Crippen LogP contribution in [-0.4, -0.2) is 20.2 Å². The van der Waals surface area contributed by atoms with Crippen molar-refractivity contribution in [3.8, 4) is 0 Å². The first-order chi connectivity index (χ1) is 8.98. The van der Waals surface area contributed by atoms with Gasteiger partial charge in [-0.05, 0) is 43.2 Å². The molecule has 2 rings (SSSR count). The number of sulfone groups is 1. The molecule has 0 aromatic heterocycles. The molecule has 1 aromatic carbocycles. The maximum Gasteiger partial charge on any atom is 0.154 e. The Labute approximate surface area is 116 Å². The van der Waals surface area contributed by atoms with Crippen molar-refractivity contribution in [2.24, 2.45) is 11.7 Å². The summed E-state index contributed by atoms with van der Waals surface area (Å²) in [7, 11) is -3.02. The Hall–Kier alpha value is -0.870. The van der Waals surface area contributed by atoms with Crippen LogP contribution in [0.25, 0.3) is 0 Å². The van der Waals surface area contributed by atoms with E-state index < -0.39 is 9.84 Å². The SMILES string of the molecule is Cc1ccccc1CS(=O)(=O)CCC1CCCC1N. The van der Waals surface area contributed by atoms with E-state index in [-0.39, 0.29) is 17.5 Å². The number of benzene rings is 1. The topological polar surface area (TPSA) is 60.2 Å². The number of aryl methyl sites for hydroxylation is 1. The van der Waals surface area contributed by atoms with E-state index in [1.54, 1.807) is 0 Å². The van der Waals surface area contributed by atoms with Crippen LogP contribution in [0.4, 0.5) is 0 Å². The van der Waals surface area contributed by atoms with Crippen molar-refractivity contribution in [1.82, 2.24) is 0 Å². The standard InChI is InChI=1S/C15H23NO2S/c1-12-5-2-3-6-14(12)11-19(17,18)10-9-13-7-4-8-15(13)16/h2-3,5-6,13,15H,4,7-11,16H2,1H3. The lowest BCUT2D eigenvalue weighted by Crippen LogP contribution is -2.26. The predicted molar refractivity (Wildman–Crippen MR) is 78.6 cm³/mol. The molecule has 2 N–H and O–H groups in total. The molecule has 0 heterocycles. The van der Waals surface area contributed by atoms with Crippen molar-refractivity contribution < 1.29 is 8.42 Å². The van der Waals surface area contributed by atoms with Crippen LogP contribution in [-0.2, 0) is 15.6 Å². The molecule has 1 saturated carbocycles. The van der Waals surface area contributed by atoms with E-state index in [1.807, 2.05) is 31.2 Å². The fraction of sp³-hybridized carbons (Fsp3) is 0.600. The molecule has 1 aliphatic carbocycles. The molecule has 0 spiro atoms. The van der Waals surface area contributed by atoms with Gasteiger partial charge in [0.15, 0.2) is 9.84 Å². The highest BCUT2D eigenvalue weighted by atomic mass is 32.2. The third-order valence-corrected chi connectivity index (χ3v) is 5.76. The molecule has 1 fully saturated rings. The van der Waals surface area contributed by atoms with E-state index in [0.29, 0.717) is 5.92 Å². The van der Waals surface area contributed by atoms with Crippen LogP contribution in [0.2, 0.25) is 0 Å². The molecule has 4 heteroatoms. The van der Waals surface area contributed by atoms with Gasteiger partial charge in [0.05, 0.1) is 11.5 Å². The molecule has 106 valence electrons. The first-order valence-electron chi connectivity index (χ1n) is 6.98. The molecular weight excluding hydrogens is 258 g/mol. The summed E-state index contributed by atoms with van der Waals surface area (Å²) in [5, 5.41) is 0. The Balaban J connectivity index is 1.94. The Morgan fingerprint density at radius 2 is 2.00 bits per heavy atom. The zero-order valence-electron chi connectivity index (χ0n) is 11.5. The van der Waals surface area contributed by atoms with Crippen LogP contribution in [0.15, 0.2) is 24.3 Å². The van der Waals surface area contributed by atoms with Crippen molar-refractivity contribution in [2.45, 2.75) is 44.4 Å². The van der Waals surface area contributed by atoms with Crippen molar-refractivity contribution in [1.29, 1.82) is 0 Å². The summed E-state index contributed by atoms with van der Waals surface area (Å²) < 4.78 is 24.3. The van der Waals surface area contributed by atoms with Gasteiger partial charge >= 0.3 is 0 Å². The Morgan fingerprint density at radius 3 is 2.63 bits per heavy atom. The number of hydrogen-bond donors (Lipinski definition) is 1. The lowest BCUT2D eigenvalue weighted by molar-refractivity contribution is 0.464. The third kappa shape index (κ3) is 4.05. The number of rotatable bonds is 5. The van der Waals surface area contributed by atoms with Gasteiger partial charge in [0.1, 0.15) is 0 Å². The Bertz CT molecular complexity index is 525. The van der Waals surface area contributed by atoms with E-state index in [2.05, 4.69) is 0 Å². The maximum atomic E-state index is 12.2. The number of hydrogen-bond acceptors (Lipinski definition) is 3. The monoisotopic (exact) mass is 281 g/mol. The molecule has 0 saturated heterocycles. The molecule has 0 bridgehead atoms. The summed E-state index contributed by atoms with van der Waals surface area (Å²) in [5.41, 5.74) is 7.95. The lowest BCUT2D eigenvalue weighted by Gasteiger charge is -2.15. The molecule has 0 aliphatic heterocycles. The molecule has 2 unspecified atom stereocenters. The van der Waals surface area contributed by atoms with Gasteiger partial charge in [-0.2, -0.15) is 0 Å². The van der Waals surface area contributed by atoms with Gasteiger partial charge in [0, 0.05) is 6.04 Å². The molecule has 1 aliphatic rings. The van der Waals surface area contributed by atoms with Gasteiger partial charge in [-0.25, -0.2) is 8.42 Å². The maximum absolute atomic E-state index is 12.2. The van der Waals surface area contributed by atoms with Gasteiger partial charge in [0.2, 0.25) is 0 Å². The Kier molecular flexibility index (Phi) is 4.63. The molecule has 19 heavy (non-hydrogen) atoms. The zero-order valence-corrected chi connectivity index (χ0v) is 12.3. The fourth-order valence-electron chi connectivity index (χ4n) is 2.84. The Morgan fingerprint density at radius 1 is 1.26 bits per heavy atom. The lowest BCUT2D eigenvalue weighted by atomic mass is 10.0. The van der Waals surface area contributed by atoms with E-state index in [9.17, 15) is 8.42 Å². The predicted octanol–water partition coefficient (Wildman–Crippen LogP) is 2.43. The number of nitrogens with two attached hydrogens (primary N) is 1. The van der Waals surface area contributed by atoms with Gasteiger partial charge in [-0.15, -0.1) is 0 Å². The van der Waals surface area contributed by atoms with E-state index in [1.165, 1.54) is 0 Å². The van der Waals surface area contributed by atoms with Crippen LogP contribution in [0.3, 0.4) is 0 Å². The molecule has 0 amide bonds. The van der Waals surface area contributed by atoms with Gasteiger partial charge in [-0.3, -0.25) is 0 Å². The minimum atomic E-state index is -3.02. The van der Waals surface area contributed by atoms with E-state index >= 15 is 0 Å². The van der Waals surface area contributed by atoms with Gasteiger partial charge in [0.25, 0.3) is 0 Å². The fourth-order valence-corrected chi connectivity index (χ4v) is 4.44. The van der Waals surface area contributed by atoms with Crippen molar-refractivity contribution >= 4 is 9.84 Å². The smallest absolute Gasteiger partial charge is 0.154 e. The summed E-state index contributed by atoms with van der Waals surface area (Å²) in [6.45, 7) is 1.96. The van der Waals surface area contributed by atoms with Crippen molar-refractivity contribution in [3.05, 3.63) is 35.4 Å². The van der Waals surface area contributed by atoms with Crippen molar-refractivity contribution in [2.75, 3.05) is 5.75 Å². The summed E-state index contributed by atoms with van der Waals surface area (Å²) in [4.78, 5) is 0. The van der Waals surface area contributed by atoms with E-state index in [0.717, 1.165) is 36.8 Å². The molecule has 2 atom stereocenters. The highest BCUT2D eigenvalue weighted by Crippen LogP contribution is 2.27. The summed E-state index contributed by atoms with van der Waals surface area (Å²) >= 11 is 0. The first-order valence-corrected chi connectivity index (χ1v) is 8.80. The summed E-state index contributed by atoms with van der Waals surface area (Å²) in [6, 6.07) is 7.88. The molecule has 0 radical (unpaired) electrons. The normalized spacial score (nSPS) is 23.7. The van der Waals surface area contributed by atoms with Gasteiger partial charge in [-0.1, -0.05) is 30.7 Å². The van der Waals surface area contributed by atoms with Crippen LogP contribution in [0, 0.1) is 12.8 Å². The average molecular weight is 281 g/mol. The van der Waals surface area contributed by atoms with Crippen LogP contribution in [0.5, 0.6) is 0 Å². The quantitative estimate of drug-likeness (QED) is 0.901. The molecule has 3 nitrogen and oxygen atoms in total. The van der Waals surface area contributed by atoms with Crippen molar-refractivity contribution in [3.63, 3.8) is 0 Å². The van der Waals surface area contributed by atoms with Gasteiger partial charge < -0.3 is 5.73 Å². The highest BCUT2D eigenvalue weighted by molar-refractivity contribution is 7.90. The largest absolute Gasteiger partial charge is 0.327 e.